The van der Waals surface area contributed by atoms with Crippen LogP contribution in [-0.4, -0.2) is 49.0 Å². The zero-order chi connectivity index (χ0) is 16.9. The number of thiophene rings is 1. The van der Waals surface area contributed by atoms with Crippen LogP contribution in [0.4, 0.5) is 4.39 Å². The van der Waals surface area contributed by atoms with E-state index in [4.69, 9.17) is 4.74 Å². The second-order valence-corrected chi connectivity index (χ2v) is 6.91. The summed E-state index contributed by atoms with van der Waals surface area (Å²) in [5.74, 6) is 0.120. The summed E-state index contributed by atoms with van der Waals surface area (Å²) in [6.07, 6.45) is 0.487. The SMILES string of the molecule is COc1ccc(CN2CCN(C(=O)Cc3cccs3)CC2)cc1F. The molecule has 1 amide bonds. The van der Waals surface area contributed by atoms with Crippen molar-refractivity contribution in [3.63, 3.8) is 0 Å². The predicted molar refractivity (Wildman–Crippen MR) is 92.8 cm³/mol. The molecule has 0 saturated carbocycles. The van der Waals surface area contributed by atoms with Gasteiger partial charge in [-0.15, -0.1) is 11.3 Å². The molecule has 2 heterocycles. The monoisotopic (exact) mass is 348 g/mol. The molecule has 1 aliphatic heterocycles. The predicted octanol–water partition coefficient (Wildman–Crippen LogP) is 2.78. The van der Waals surface area contributed by atoms with Crippen molar-refractivity contribution >= 4 is 17.2 Å². The van der Waals surface area contributed by atoms with Crippen molar-refractivity contribution in [2.45, 2.75) is 13.0 Å². The van der Waals surface area contributed by atoms with Crippen molar-refractivity contribution in [2.24, 2.45) is 0 Å². The molecule has 1 aliphatic rings. The highest BCUT2D eigenvalue weighted by molar-refractivity contribution is 7.10. The number of rotatable bonds is 5. The van der Waals surface area contributed by atoms with Gasteiger partial charge in [-0.05, 0) is 29.1 Å². The Labute approximate surface area is 145 Å². The van der Waals surface area contributed by atoms with Gasteiger partial charge in [-0.25, -0.2) is 4.39 Å². The lowest BCUT2D eigenvalue weighted by atomic mass is 10.1. The molecule has 0 atom stereocenters. The van der Waals surface area contributed by atoms with Crippen molar-refractivity contribution in [3.05, 3.63) is 52.0 Å². The maximum absolute atomic E-state index is 13.8. The van der Waals surface area contributed by atoms with Crippen molar-refractivity contribution in [1.82, 2.24) is 9.80 Å². The van der Waals surface area contributed by atoms with Crippen LogP contribution in [0.1, 0.15) is 10.4 Å². The van der Waals surface area contributed by atoms with Gasteiger partial charge in [0.2, 0.25) is 5.91 Å². The molecule has 6 heteroatoms. The highest BCUT2D eigenvalue weighted by Crippen LogP contribution is 2.19. The van der Waals surface area contributed by atoms with Gasteiger partial charge in [0.1, 0.15) is 0 Å². The Kier molecular flexibility index (Phi) is 5.48. The molecule has 4 nitrogen and oxygen atoms in total. The molecule has 1 aromatic heterocycles. The molecule has 0 radical (unpaired) electrons. The molecule has 1 aromatic carbocycles. The molecule has 128 valence electrons. The molecule has 0 aliphatic carbocycles. The molecule has 3 rings (SSSR count). The van der Waals surface area contributed by atoms with E-state index in [9.17, 15) is 9.18 Å². The Morgan fingerprint density at radius 3 is 2.67 bits per heavy atom. The zero-order valence-corrected chi connectivity index (χ0v) is 14.5. The number of hydrogen-bond acceptors (Lipinski definition) is 4. The summed E-state index contributed by atoms with van der Waals surface area (Å²) in [4.78, 5) is 17.6. The summed E-state index contributed by atoms with van der Waals surface area (Å²) in [6, 6.07) is 9.03. The number of benzene rings is 1. The molecule has 2 aromatic rings. The number of nitrogens with zero attached hydrogens (tertiary/aromatic N) is 2. The van der Waals surface area contributed by atoms with Crippen LogP contribution in [-0.2, 0) is 17.8 Å². The second kappa shape index (κ2) is 7.77. The minimum atomic E-state index is -0.334. The standard InChI is InChI=1S/C18H21FN2O2S/c1-23-17-5-4-14(11-16(17)19)13-20-6-8-21(9-7-20)18(22)12-15-3-2-10-24-15/h2-5,10-11H,6-9,12-13H2,1H3. The average Bonchev–Trinajstić information content (AvgIpc) is 3.08. The molecular weight excluding hydrogens is 327 g/mol. The number of ether oxygens (including phenoxy) is 1. The van der Waals surface area contributed by atoms with E-state index >= 15 is 0 Å². The highest BCUT2D eigenvalue weighted by atomic mass is 32.1. The number of amides is 1. The van der Waals surface area contributed by atoms with Crippen LogP contribution in [0.25, 0.3) is 0 Å². The third kappa shape index (κ3) is 4.13. The third-order valence-corrected chi connectivity index (χ3v) is 5.13. The van der Waals surface area contributed by atoms with Crippen LogP contribution in [0.3, 0.4) is 0 Å². The molecule has 0 unspecified atom stereocenters. The number of methoxy groups -OCH3 is 1. The Morgan fingerprint density at radius 1 is 1.25 bits per heavy atom. The molecule has 1 saturated heterocycles. The van der Waals surface area contributed by atoms with Crippen molar-refractivity contribution in [1.29, 1.82) is 0 Å². The second-order valence-electron chi connectivity index (χ2n) is 5.88. The van der Waals surface area contributed by atoms with Crippen LogP contribution < -0.4 is 4.74 Å². The van der Waals surface area contributed by atoms with Gasteiger partial charge in [0, 0.05) is 37.6 Å². The van der Waals surface area contributed by atoms with Gasteiger partial charge in [0.05, 0.1) is 13.5 Å². The van der Waals surface area contributed by atoms with E-state index in [1.165, 1.54) is 13.2 Å². The van der Waals surface area contributed by atoms with Crippen molar-refractivity contribution < 1.29 is 13.9 Å². The fraction of sp³-hybridized carbons (Fsp3) is 0.389. The van der Waals surface area contributed by atoms with Crippen LogP contribution in [0.5, 0.6) is 5.75 Å². The Hall–Kier alpha value is -1.92. The fourth-order valence-electron chi connectivity index (χ4n) is 2.90. The number of hydrogen-bond donors (Lipinski definition) is 0. The van der Waals surface area contributed by atoms with Crippen LogP contribution in [0, 0.1) is 5.82 Å². The van der Waals surface area contributed by atoms with E-state index < -0.39 is 0 Å². The Balaban J connectivity index is 1.50. The van der Waals surface area contributed by atoms with Gasteiger partial charge in [-0.3, -0.25) is 9.69 Å². The van der Waals surface area contributed by atoms with E-state index in [1.807, 2.05) is 28.5 Å². The first-order chi connectivity index (χ1) is 11.7. The first-order valence-corrected chi connectivity index (χ1v) is 8.88. The first-order valence-electron chi connectivity index (χ1n) is 8.00. The van der Waals surface area contributed by atoms with E-state index in [1.54, 1.807) is 17.4 Å². The lowest BCUT2D eigenvalue weighted by molar-refractivity contribution is -0.132. The average molecular weight is 348 g/mol. The largest absolute Gasteiger partial charge is 0.494 e. The molecule has 24 heavy (non-hydrogen) atoms. The smallest absolute Gasteiger partial charge is 0.227 e. The number of piperazine rings is 1. The summed E-state index contributed by atoms with van der Waals surface area (Å²) < 4.78 is 18.7. The van der Waals surface area contributed by atoms with Crippen molar-refractivity contribution in [3.8, 4) is 5.75 Å². The van der Waals surface area contributed by atoms with Gasteiger partial charge in [-0.2, -0.15) is 0 Å². The topological polar surface area (TPSA) is 32.8 Å². The van der Waals surface area contributed by atoms with Crippen LogP contribution in [0.15, 0.2) is 35.7 Å². The lowest BCUT2D eigenvalue weighted by Crippen LogP contribution is -2.48. The third-order valence-electron chi connectivity index (χ3n) is 4.25. The van der Waals surface area contributed by atoms with E-state index in [2.05, 4.69) is 4.90 Å². The van der Waals surface area contributed by atoms with E-state index in [-0.39, 0.29) is 17.5 Å². The molecule has 0 bridgehead atoms. The van der Waals surface area contributed by atoms with Gasteiger partial charge >= 0.3 is 0 Å². The Morgan fingerprint density at radius 2 is 2.04 bits per heavy atom. The summed E-state index contributed by atoms with van der Waals surface area (Å²) in [7, 11) is 1.46. The summed E-state index contributed by atoms with van der Waals surface area (Å²) in [5.41, 5.74) is 0.923. The van der Waals surface area contributed by atoms with E-state index in [0.29, 0.717) is 13.0 Å². The summed E-state index contributed by atoms with van der Waals surface area (Å²) in [5, 5.41) is 1.99. The lowest BCUT2D eigenvalue weighted by Gasteiger charge is -2.34. The first kappa shape index (κ1) is 16.9. The van der Waals surface area contributed by atoms with Crippen LogP contribution in [0.2, 0.25) is 0 Å². The van der Waals surface area contributed by atoms with Crippen molar-refractivity contribution in [2.75, 3.05) is 33.3 Å². The summed E-state index contributed by atoms with van der Waals surface area (Å²) in [6.45, 7) is 3.76. The maximum Gasteiger partial charge on any atom is 0.227 e. The number of carbonyl (C=O) groups excluding carboxylic acids is 1. The minimum absolute atomic E-state index is 0.188. The van der Waals surface area contributed by atoms with E-state index in [0.717, 1.165) is 36.6 Å². The molecule has 0 N–H and O–H groups in total. The number of halogens is 1. The number of carbonyl (C=O) groups is 1. The minimum Gasteiger partial charge on any atom is -0.494 e. The molecule has 1 fully saturated rings. The maximum atomic E-state index is 13.8. The normalized spacial score (nSPS) is 15.5. The quantitative estimate of drug-likeness (QED) is 0.833. The zero-order valence-electron chi connectivity index (χ0n) is 13.7. The van der Waals surface area contributed by atoms with Gasteiger partial charge in [0.25, 0.3) is 0 Å². The van der Waals surface area contributed by atoms with Gasteiger partial charge in [-0.1, -0.05) is 12.1 Å². The Bertz CT molecular complexity index is 682. The van der Waals surface area contributed by atoms with Gasteiger partial charge in [0.15, 0.2) is 11.6 Å². The van der Waals surface area contributed by atoms with Crippen LogP contribution >= 0.6 is 11.3 Å². The highest BCUT2D eigenvalue weighted by Gasteiger charge is 2.21. The molecular formula is C18H21FN2O2S. The fourth-order valence-corrected chi connectivity index (χ4v) is 3.59. The summed E-state index contributed by atoms with van der Waals surface area (Å²) >= 11 is 1.62. The van der Waals surface area contributed by atoms with Gasteiger partial charge < -0.3 is 9.64 Å². The molecule has 0 spiro atoms.